The zero-order valence-electron chi connectivity index (χ0n) is 18.9. The van der Waals surface area contributed by atoms with Gasteiger partial charge >= 0.3 is 0 Å². The highest BCUT2D eigenvalue weighted by atomic mass is 32.2. The molecule has 0 N–H and O–H groups in total. The van der Waals surface area contributed by atoms with E-state index >= 15 is 0 Å². The number of amides is 1. The topological polar surface area (TPSA) is 90.2 Å². The maximum absolute atomic E-state index is 13.1. The SMILES string of the molecule is CCn1c(=NC(=O)C2CCCN(S(=O)(=O)c3ccccc3)C2)sc2cc(OC)c(OC)cc21. The number of fused-ring (bicyclic) bond motifs is 1. The van der Waals surface area contributed by atoms with Crippen molar-refractivity contribution >= 4 is 37.5 Å². The summed E-state index contributed by atoms with van der Waals surface area (Å²) in [5.41, 5.74) is 0.906. The molecule has 0 bridgehead atoms. The number of carbonyl (C=O) groups is 1. The molecule has 4 rings (SSSR count). The molecular weight excluding hydrogens is 462 g/mol. The number of hydrogen-bond donors (Lipinski definition) is 0. The molecule has 1 aromatic heterocycles. The molecule has 0 radical (unpaired) electrons. The Morgan fingerprint density at radius 3 is 2.52 bits per heavy atom. The number of sulfonamides is 1. The van der Waals surface area contributed by atoms with E-state index in [1.807, 2.05) is 23.6 Å². The van der Waals surface area contributed by atoms with Crippen molar-refractivity contribution in [2.45, 2.75) is 31.2 Å². The smallest absolute Gasteiger partial charge is 0.252 e. The van der Waals surface area contributed by atoms with Crippen LogP contribution in [0.15, 0.2) is 52.4 Å². The van der Waals surface area contributed by atoms with Gasteiger partial charge in [-0.05, 0) is 31.9 Å². The summed E-state index contributed by atoms with van der Waals surface area (Å²) in [6.45, 7) is 3.15. The first kappa shape index (κ1) is 23.5. The third-order valence-corrected chi connectivity index (χ3v) is 8.75. The second kappa shape index (κ2) is 9.66. The Labute approximate surface area is 197 Å². The van der Waals surface area contributed by atoms with Gasteiger partial charge in [0.25, 0.3) is 5.91 Å². The zero-order valence-corrected chi connectivity index (χ0v) is 20.5. The van der Waals surface area contributed by atoms with Crippen LogP contribution in [0.1, 0.15) is 19.8 Å². The van der Waals surface area contributed by atoms with Crippen LogP contribution in [0.4, 0.5) is 0 Å². The van der Waals surface area contributed by atoms with Gasteiger partial charge in [0.2, 0.25) is 10.0 Å². The molecule has 10 heteroatoms. The van der Waals surface area contributed by atoms with Crippen LogP contribution in [0.5, 0.6) is 11.5 Å². The quantitative estimate of drug-likeness (QED) is 0.530. The van der Waals surface area contributed by atoms with Gasteiger partial charge in [-0.25, -0.2) is 8.42 Å². The van der Waals surface area contributed by atoms with Gasteiger partial charge in [0, 0.05) is 31.8 Å². The summed E-state index contributed by atoms with van der Waals surface area (Å²) in [6, 6.07) is 12.1. The molecule has 0 spiro atoms. The molecule has 3 aromatic rings. The number of carbonyl (C=O) groups excluding carboxylic acids is 1. The average molecular weight is 490 g/mol. The molecule has 1 atom stereocenters. The number of benzene rings is 2. The van der Waals surface area contributed by atoms with Crippen molar-refractivity contribution in [2.24, 2.45) is 10.9 Å². The molecule has 1 amide bonds. The molecular formula is C23H27N3O5S2. The van der Waals surface area contributed by atoms with Crippen molar-refractivity contribution in [1.29, 1.82) is 0 Å². The fourth-order valence-corrected chi connectivity index (χ4v) is 6.73. The van der Waals surface area contributed by atoms with Crippen molar-refractivity contribution in [3.63, 3.8) is 0 Å². The van der Waals surface area contributed by atoms with Crippen LogP contribution >= 0.6 is 11.3 Å². The Morgan fingerprint density at radius 1 is 1.15 bits per heavy atom. The lowest BCUT2D eigenvalue weighted by Crippen LogP contribution is -2.42. The number of aryl methyl sites for hydroxylation is 1. The van der Waals surface area contributed by atoms with Crippen LogP contribution in [-0.2, 0) is 21.4 Å². The van der Waals surface area contributed by atoms with E-state index in [0.29, 0.717) is 42.2 Å². The van der Waals surface area contributed by atoms with Gasteiger partial charge in [-0.1, -0.05) is 29.5 Å². The number of nitrogens with zero attached hydrogens (tertiary/aromatic N) is 3. The minimum absolute atomic E-state index is 0.137. The molecule has 1 fully saturated rings. The molecule has 2 aromatic carbocycles. The van der Waals surface area contributed by atoms with Crippen LogP contribution in [0.3, 0.4) is 0 Å². The van der Waals surface area contributed by atoms with Gasteiger partial charge in [-0.2, -0.15) is 9.30 Å². The van der Waals surface area contributed by atoms with Gasteiger partial charge in [-0.3, -0.25) is 4.79 Å². The van der Waals surface area contributed by atoms with Gasteiger partial charge in [0.1, 0.15) is 0 Å². The highest BCUT2D eigenvalue weighted by molar-refractivity contribution is 7.89. The molecule has 1 saturated heterocycles. The van der Waals surface area contributed by atoms with Crippen molar-refractivity contribution in [1.82, 2.24) is 8.87 Å². The number of piperidine rings is 1. The fraction of sp³-hybridized carbons (Fsp3) is 0.391. The third kappa shape index (κ3) is 4.55. The molecule has 0 aliphatic carbocycles. The van der Waals surface area contributed by atoms with E-state index in [9.17, 15) is 13.2 Å². The average Bonchev–Trinajstić information content (AvgIpc) is 3.19. The van der Waals surface area contributed by atoms with Crippen LogP contribution in [0.2, 0.25) is 0 Å². The Morgan fingerprint density at radius 2 is 1.85 bits per heavy atom. The predicted octanol–water partition coefficient (Wildman–Crippen LogP) is 3.27. The lowest BCUT2D eigenvalue weighted by Gasteiger charge is -2.30. The van der Waals surface area contributed by atoms with E-state index in [1.165, 1.54) is 15.6 Å². The zero-order chi connectivity index (χ0) is 23.6. The summed E-state index contributed by atoms with van der Waals surface area (Å²) < 4.78 is 41.1. The molecule has 1 aliphatic rings. The number of rotatable bonds is 6. The van der Waals surface area contributed by atoms with E-state index in [4.69, 9.17) is 9.47 Å². The van der Waals surface area contributed by atoms with Crippen molar-refractivity contribution < 1.29 is 22.7 Å². The summed E-state index contributed by atoms with van der Waals surface area (Å²) in [5.74, 6) is 0.450. The maximum Gasteiger partial charge on any atom is 0.252 e. The molecule has 1 unspecified atom stereocenters. The summed E-state index contributed by atoms with van der Waals surface area (Å²) in [5, 5.41) is 0. The second-order valence-electron chi connectivity index (χ2n) is 7.77. The number of ether oxygens (including phenoxy) is 2. The van der Waals surface area contributed by atoms with E-state index < -0.39 is 15.9 Å². The molecule has 176 valence electrons. The Balaban J connectivity index is 1.65. The molecule has 1 aliphatic heterocycles. The van der Waals surface area contributed by atoms with Crippen molar-refractivity contribution in [2.75, 3.05) is 27.3 Å². The first-order valence-electron chi connectivity index (χ1n) is 10.8. The summed E-state index contributed by atoms with van der Waals surface area (Å²) in [6.07, 6.45) is 1.23. The Kier molecular flexibility index (Phi) is 6.87. The molecule has 0 saturated carbocycles. The van der Waals surface area contributed by atoms with Crippen LogP contribution in [-0.4, -0.2) is 50.5 Å². The first-order valence-corrected chi connectivity index (χ1v) is 13.0. The molecule has 33 heavy (non-hydrogen) atoms. The van der Waals surface area contributed by atoms with E-state index in [-0.39, 0.29) is 17.3 Å². The monoisotopic (exact) mass is 489 g/mol. The summed E-state index contributed by atoms with van der Waals surface area (Å²) >= 11 is 1.40. The minimum Gasteiger partial charge on any atom is -0.493 e. The number of methoxy groups -OCH3 is 2. The van der Waals surface area contributed by atoms with E-state index in [0.717, 1.165) is 10.2 Å². The van der Waals surface area contributed by atoms with Crippen LogP contribution < -0.4 is 14.3 Å². The van der Waals surface area contributed by atoms with E-state index in [1.54, 1.807) is 44.6 Å². The fourth-order valence-electron chi connectivity index (χ4n) is 4.08. The largest absolute Gasteiger partial charge is 0.493 e. The Bertz CT molecular complexity index is 1330. The minimum atomic E-state index is -3.64. The lowest BCUT2D eigenvalue weighted by atomic mass is 9.99. The highest BCUT2D eigenvalue weighted by Gasteiger charge is 2.33. The normalized spacial score (nSPS) is 17.9. The van der Waals surface area contributed by atoms with Crippen LogP contribution in [0, 0.1) is 5.92 Å². The highest BCUT2D eigenvalue weighted by Crippen LogP contribution is 2.33. The van der Waals surface area contributed by atoms with E-state index in [2.05, 4.69) is 4.99 Å². The molecule has 2 heterocycles. The number of thiazole rings is 1. The predicted molar refractivity (Wildman–Crippen MR) is 127 cm³/mol. The Hall–Kier alpha value is -2.69. The van der Waals surface area contributed by atoms with Gasteiger partial charge in [0.15, 0.2) is 16.3 Å². The number of hydrogen-bond acceptors (Lipinski definition) is 6. The first-order chi connectivity index (χ1) is 15.9. The van der Waals surface area contributed by atoms with Crippen molar-refractivity contribution in [3.8, 4) is 11.5 Å². The third-order valence-electron chi connectivity index (χ3n) is 5.82. The maximum atomic E-state index is 13.1. The summed E-state index contributed by atoms with van der Waals surface area (Å²) in [7, 11) is -0.477. The lowest BCUT2D eigenvalue weighted by molar-refractivity contribution is -0.122. The van der Waals surface area contributed by atoms with Crippen LogP contribution in [0.25, 0.3) is 10.2 Å². The van der Waals surface area contributed by atoms with Crippen molar-refractivity contribution in [3.05, 3.63) is 47.3 Å². The standard InChI is InChI=1S/C23H27N3O5S2/c1-4-26-18-13-19(30-2)20(31-3)14-21(18)32-23(26)24-22(27)16-9-8-12-25(15-16)33(28,29)17-10-6-5-7-11-17/h5-7,10-11,13-14,16H,4,8-9,12,15H2,1-3H3. The second-order valence-corrected chi connectivity index (χ2v) is 10.7. The number of aromatic nitrogens is 1. The summed E-state index contributed by atoms with van der Waals surface area (Å²) in [4.78, 5) is 18.4. The van der Waals surface area contributed by atoms with Gasteiger partial charge in [-0.15, -0.1) is 0 Å². The van der Waals surface area contributed by atoms with Gasteiger partial charge < -0.3 is 14.0 Å². The van der Waals surface area contributed by atoms with Gasteiger partial charge in [0.05, 0.1) is 35.2 Å². The molecule has 8 nitrogen and oxygen atoms in total.